The van der Waals surface area contributed by atoms with Gasteiger partial charge in [-0.05, 0) is 30.3 Å². The van der Waals surface area contributed by atoms with Crippen LogP contribution in [0.1, 0.15) is 10.4 Å². The van der Waals surface area contributed by atoms with Gasteiger partial charge in [-0.15, -0.1) is 0 Å². The van der Waals surface area contributed by atoms with E-state index in [4.69, 9.17) is 11.6 Å². The Morgan fingerprint density at radius 3 is 2.82 bits per heavy atom. The average molecular weight is 251 g/mol. The first kappa shape index (κ1) is 11.5. The van der Waals surface area contributed by atoms with Crippen molar-refractivity contribution in [2.24, 2.45) is 0 Å². The van der Waals surface area contributed by atoms with E-state index in [-0.39, 0.29) is 10.6 Å². The standard InChI is InChI=1S/C12H8ClFN2O/c13-11-6-8(14)3-4-10(11)12(17)16-9-2-1-5-15-7-9/h1-7H,(H,16,17). The second-order valence-electron chi connectivity index (χ2n) is 3.32. The van der Waals surface area contributed by atoms with E-state index in [1.165, 1.54) is 18.3 Å². The molecular weight excluding hydrogens is 243 g/mol. The first-order valence-corrected chi connectivity index (χ1v) is 5.21. The van der Waals surface area contributed by atoms with Gasteiger partial charge in [0.15, 0.2) is 0 Å². The van der Waals surface area contributed by atoms with Crippen molar-refractivity contribution in [3.63, 3.8) is 0 Å². The molecule has 1 heterocycles. The van der Waals surface area contributed by atoms with Gasteiger partial charge in [-0.3, -0.25) is 9.78 Å². The SMILES string of the molecule is O=C(Nc1cccnc1)c1ccc(F)cc1Cl. The Balaban J connectivity index is 2.21. The minimum absolute atomic E-state index is 0.0754. The summed E-state index contributed by atoms with van der Waals surface area (Å²) in [6.07, 6.45) is 3.11. The van der Waals surface area contributed by atoms with Gasteiger partial charge >= 0.3 is 0 Å². The third-order valence-electron chi connectivity index (χ3n) is 2.10. The molecule has 0 aliphatic rings. The van der Waals surface area contributed by atoms with E-state index in [1.807, 2.05) is 0 Å². The van der Waals surface area contributed by atoms with Gasteiger partial charge in [0.05, 0.1) is 22.5 Å². The van der Waals surface area contributed by atoms with Crippen LogP contribution in [0.2, 0.25) is 5.02 Å². The molecule has 1 amide bonds. The van der Waals surface area contributed by atoms with E-state index in [1.54, 1.807) is 18.3 Å². The van der Waals surface area contributed by atoms with Gasteiger partial charge in [0, 0.05) is 6.20 Å². The Hall–Kier alpha value is -1.94. The number of amides is 1. The average Bonchev–Trinajstić information content (AvgIpc) is 2.30. The Morgan fingerprint density at radius 1 is 1.35 bits per heavy atom. The van der Waals surface area contributed by atoms with Crippen LogP contribution < -0.4 is 5.32 Å². The lowest BCUT2D eigenvalue weighted by Gasteiger charge is -2.06. The highest BCUT2D eigenvalue weighted by Gasteiger charge is 2.11. The summed E-state index contributed by atoms with van der Waals surface area (Å²) in [6.45, 7) is 0. The van der Waals surface area contributed by atoms with Crippen LogP contribution in [0.4, 0.5) is 10.1 Å². The lowest BCUT2D eigenvalue weighted by atomic mass is 10.2. The van der Waals surface area contributed by atoms with E-state index < -0.39 is 11.7 Å². The maximum absolute atomic E-state index is 12.8. The molecule has 17 heavy (non-hydrogen) atoms. The fourth-order valence-electron chi connectivity index (χ4n) is 1.31. The van der Waals surface area contributed by atoms with Crippen molar-refractivity contribution in [3.05, 3.63) is 59.1 Å². The summed E-state index contributed by atoms with van der Waals surface area (Å²) in [5, 5.41) is 2.69. The van der Waals surface area contributed by atoms with Crippen LogP contribution in [0.15, 0.2) is 42.7 Å². The predicted molar refractivity (Wildman–Crippen MR) is 63.6 cm³/mol. The van der Waals surface area contributed by atoms with Crippen molar-refractivity contribution < 1.29 is 9.18 Å². The first-order valence-electron chi connectivity index (χ1n) is 4.83. The fourth-order valence-corrected chi connectivity index (χ4v) is 1.56. The summed E-state index contributed by atoms with van der Waals surface area (Å²) in [5.41, 5.74) is 0.773. The van der Waals surface area contributed by atoms with Crippen molar-refractivity contribution in [1.82, 2.24) is 4.98 Å². The van der Waals surface area contributed by atoms with Gasteiger partial charge in [0.1, 0.15) is 5.82 Å². The topological polar surface area (TPSA) is 42.0 Å². The number of halogens is 2. The molecule has 1 aromatic carbocycles. The lowest BCUT2D eigenvalue weighted by Crippen LogP contribution is -2.12. The highest BCUT2D eigenvalue weighted by Crippen LogP contribution is 2.18. The Morgan fingerprint density at radius 2 is 2.18 bits per heavy atom. The number of nitrogens with zero attached hydrogens (tertiary/aromatic N) is 1. The van der Waals surface area contributed by atoms with Crippen molar-refractivity contribution >= 4 is 23.2 Å². The molecule has 0 radical (unpaired) electrons. The maximum atomic E-state index is 12.8. The highest BCUT2D eigenvalue weighted by molar-refractivity contribution is 6.34. The normalized spacial score (nSPS) is 10.0. The molecule has 86 valence electrons. The molecule has 0 saturated heterocycles. The molecule has 0 saturated carbocycles. The van der Waals surface area contributed by atoms with Gasteiger partial charge in [-0.1, -0.05) is 11.6 Å². The zero-order chi connectivity index (χ0) is 12.3. The number of hydrogen-bond acceptors (Lipinski definition) is 2. The van der Waals surface area contributed by atoms with Crippen LogP contribution in [-0.2, 0) is 0 Å². The van der Waals surface area contributed by atoms with E-state index in [9.17, 15) is 9.18 Å². The third kappa shape index (κ3) is 2.79. The monoisotopic (exact) mass is 250 g/mol. The zero-order valence-corrected chi connectivity index (χ0v) is 9.41. The molecule has 1 N–H and O–H groups in total. The van der Waals surface area contributed by atoms with Crippen LogP contribution in [0.3, 0.4) is 0 Å². The molecule has 2 rings (SSSR count). The predicted octanol–water partition coefficient (Wildman–Crippen LogP) is 3.13. The largest absolute Gasteiger partial charge is 0.321 e. The number of carbonyl (C=O) groups excluding carboxylic acids is 1. The molecule has 1 aromatic heterocycles. The van der Waals surface area contributed by atoms with Gasteiger partial charge in [-0.2, -0.15) is 0 Å². The van der Waals surface area contributed by atoms with Crippen LogP contribution in [-0.4, -0.2) is 10.9 Å². The molecule has 0 unspecified atom stereocenters. The van der Waals surface area contributed by atoms with Crippen LogP contribution in [0.25, 0.3) is 0 Å². The van der Waals surface area contributed by atoms with E-state index >= 15 is 0 Å². The maximum Gasteiger partial charge on any atom is 0.257 e. The summed E-state index contributed by atoms with van der Waals surface area (Å²) in [7, 11) is 0. The van der Waals surface area contributed by atoms with Crippen LogP contribution in [0.5, 0.6) is 0 Å². The highest BCUT2D eigenvalue weighted by atomic mass is 35.5. The molecule has 2 aromatic rings. The van der Waals surface area contributed by atoms with Gasteiger partial charge in [0.2, 0.25) is 0 Å². The number of nitrogens with one attached hydrogen (secondary N) is 1. The number of aromatic nitrogens is 1. The molecule has 0 spiro atoms. The van der Waals surface area contributed by atoms with E-state index in [0.29, 0.717) is 5.69 Å². The summed E-state index contributed by atoms with van der Waals surface area (Å²) in [6, 6.07) is 7.01. The molecule has 0 aliphatic heterocycles. The van der Waals surface area contributed by atoms with Crippen molar-refractivity contribution in [1.29, 1.82) is 0 Å². The Labute approximate surface area is 102 Å². The minimum atomic E-state index is -0.479. The number of benzene rings is 1. The number of hydrogen-bond donors (Lipinski definition) is 1. The number of carbonyl (C=O) groups is 1. The zero-order valence-electron chi connectivity index (χ0n) is 8.65. The summed E-state index contributed by atoms with van der Waals surface area (Å²) in [4.78, 5) is 15.7. The molecule has 0 atom stereocenters. The third-order valence-corrected chi connectivity index (χ3v) is 2.41. The first-order chi connectivity index (χ1) is 8.16. The molecule has 0 aliphatic carbocycles. The van der Waals surface area contributed by atoms with Crippen molar-refractivity contribution in [3.8, 4) is 0 Å². The summed E-state index contributed by atoms with van der Waals surface area (Å²) >= 11 is 5.77. The summed E-state index contributed by atoms with van der Waals surface area (Å²) in [5.74, 6) is -0.879. The smallest absolute Gasteiger partial charge is 0.257 e. The molecular formula is C12H8ClFN2O. The molecule has 5 heteroatoms. The quantitative estimate of drug-likeness (QED) is 0.890. The molecule has 0 bridgehead atoms. The van der Waals surface area contributed by atoms with Gasteiger partial charge in [0.25, 0.3) is 5.91 Å². The van der Waals surface area contributed by atoms with E-state index in [0.717, 1.165) is 6.07 Å². The number of anilines is 1. The summed E-state index contributed by atoms with van der Waals surface area (Å²) < 4.78 is 12.8. The minimum Gasteiger partial charge on any atom is -0.321 e. The van der Waals surface area contributed by atoms with Crippen molar-refractivity contribution in [2.45, 2.75) is 0 Å². The second kappa shape index (κ2) is 4.93. The van der Waals surface area contributed by atoms with Crippen LogP contribution >= 0.6 is 11.6 Å². The number of rotatable bonds is 2. The number of pyridine rings is 1. The van der Waals surface area contributed by atoms with E-state index in [2.05, 4.69) is 10.3 Å². The van der Waals surface area contributed by atoms with Crippen LogP contribution in [0, 0.1) is 5.82 Å². The van der Waals surface area contributed by atoms with Gasteiger partial charge in [-0.25, -0.2) is 4.39 Å². The van der Waals surface area contributed by atoms with Crippen molar-refractivity contribution in [2.75, 3.05) is 5.32 Å². The second-order valence-corrected chi connectivity index (χ2v) is 3.73. The molecule has 0 fully saturated rings. The molecule has 3 nitrogen and oxygen atoms in total. The fraction of sp³-hybridized carbons (Fsp3) is 0. The Bertz CT molecular complexity index is 545. The Kier molecular flexibility index (Phi) is 3.35. The lowest BCUT2D eigenvalue weighted by molar-refractivity contribution is 0.102. The van der Waals surface area contributed by atoms with Gasteiger partial charge < -0.3 is 5.32 Å².